The predicted octanol–water partition coefficient (Wildman–Crippen LogP) is 5.23. The van der Waals surface area contributed by atoms with Crippen molar-refractivity contribution in [3.63, 3.8) is 0 Å². The zero-order valence-corrected chi connectivity index (χ0v) is 18.2. The van der Waals surface area contributed by atoms with Gasteiger partial charge >= 0.3 is 0 Å². The molecule has 6 nitrogen and oxygen atoms in total. The minimum Gasteiger partial charge on any atom is -0.307 e. The fourth-order valence-electron chi connectivity index (χ4n) is 2.04. The van der Waals surface area contributed by atoms with Crippen molar-refractivity contribution >= 4 is 80.9 Å². The van der Waals surface area contributed by atoms with E-state index in [-0.39, 0.29) is 8.45 Å². The lowest BCUT2D eigenvalue weighted by atomic mass is 10.1. The molecule has 0 fully saturated rings. The molecule has 0 aliphatic rings. The Morgan fingerprint density at radius 3 is 2.96 bits per heavy atom. The van der Waals surface area contributed by atoms with Gasteiger partial charge in [-0.05, 0) is 55.7 Å². The van der Waals surface area contributed by atoms with Crippen molar-refractivity contribution in [2.45, 2.75) is 6.04 Å². The molecular formula is C12H9ClI2N5OPS. The van der Waals surface area contributed by atoms with Gasteiger partial charge in [-0.15, -0.1) is 0 Å². The first-order valence-corrected chi connectivity index (χ1v) is 15.0. The molecule has 3 aromatic rings. The molecule has 3 heterocycles. The molecule has 0 aliphatic heterocycles. The molecular weight excluding hydrogens is 582 g/mol. The van der Waals surface area contributed by atoms with Crippen LogP contribution in [0.3, 0.4) is 0 Å². The van der Waals surface area contributed by atoms with E-state index >= 15 is 0 Å². The zero-order valence-electron chi connectivity index (χ0n) is 11.4. The molecule has 0 spiro atoms. The van der Waals surface area contributed by atoms with E-state index in [1.807, 2.05) is 12.1 Å². The fourth-order valence-corrected chi connectivity index (χ4v) is 4.91. The lowest BCUT2D eigenvalue weighted by molar-refractivity contribution is 0.308. The zero-order chi connectivity index (χ0) is 16.2. The summed E-state index contributed by atoms with van der Waals surface area (Å²) in [6, 6.07) is 3.74. The highest BCUT2D eigenvalue weighted by Gasteiger charge is 2.20. The first-order chi connectivity index (χ1) is 11.1. The lowest BCUT2D eigenvalue weighted by Crippen LogP contribution is -2.17. The molecule has 0 radical (unpaired) electrons. The van der Waals surface area contributed by atoms with Crippen LogP contribution < -0.4 is 0 Å². The van der Waals surface area contributed by atoms with Crippen LogP contribution in [0.15, 0.2) is 36.9 Å². The van der Waals surface area contributed by atoms with Crippen molar-refractivity contribution < 1.29 is 4.18 Å². The van der Waals surface area contributed by atoms with Gasteiger partial charge in [0.1, 0.15) is 19.1 Å². The first kappa shape index (κ1) is 18.0. The smallest absolute Gasteiger partial charge is 0.178 e. The Morgan fingerprint density at radius 1 is 1.35 bits per heavy atom. The van der Waals surface area contributed by atoms with Gasteiger partial charge in [0.15, 0.2) is 5.65 Å². The van der Waals surface area contributed by atoms with E-state index in [1.165, 1.54) is 17.9 Å². The summed E-state index contributed by atoms with van der Waals surface area (Å²) in [6.07, 6.45) is 6.74. The molecule has 23 heavy (non-hydrogen) atoms. The van der Waals surface area contributed by atoms with Crippen LogP contribution in [0, 0.1) is 0 Å². The molecule has 3 aromatic heterocycles. The summed E-state index contributed by atoms with van der Waals surface area (Å²) in [5.41, 5.74) is 2.32. The Hall–Kier alpha value is 0.190. The van der Waals surface area contributed by atoms with Gasteiger partial charge in [0, 0.05) is 24.1 Å². The van der Waals surface area contributed by atoms with Crippen molar-refractivity contribution in [1.82, 2.24) is 24.7 Å². The Balaban J connectivity index is 1.97. The van der Waals surface area contributed by atoms with E-state index in [9.17, 15) is 0 Å². The molecule has 1 atom stereocenters. The SMILES string of the molecule is Clc1cnc2cnn([C@@H](COSP(I)I)c3cccnc3)c2n1. The molecule has 0 saturated carbocycles. The summed E-state index contributed by atoms with van der Waals surface area (Å²) in [7, 11) is 0. The van der Waals surface area contributed by atoms with Crippen LogP contribution in [0.2, 0.25) is 5.15 Å². The van der Waals surface area contributed by atoms with Crippen LogP contribution in [0.1, 0.15) is 11.6 Å². The van der Waals surface area contributed by atoms with E-state index in [0.717, 1.165) is 5.56 Å². The Kier molecular flexibility index (Phi) is 6.67. The average Bonchev–Trinajstić information content (AvgIpc) is 2.95. The molecule has 120 valence electrons. The molecule has 0 unspecified atom stereocenters. The molecule has 3 rings (SSSR count). The Labute approximate surface area is 168 Å². The third-order valence-electron chi connectivity index (χ3n) is 2.97. The third kappa shape index (κ3) is 4.63. The number of nitrogens with zero attached hydrogens (tertiary/aromatic N) is 5. The summed E-state index contributed by atoms with van der Waals surface area (Å²) >= 11 is 12.2. The highest BCUT2D eigenvalue weighted by Crippen LogP contribution is 2.65. The van der Waals surface area contributed by atoms with E-state index < -0.39 is 0 Å². The molecule has 11 heteroatoms. The molecule has 0 aromatic carbocycles. The van der Waals surface area contributed by atoms with Gasteiger partial charge in [-0.3, -0.25) is 4.98 Å². The van der Waals surface area contributed by atoms with Crippen molar-refractivity contribution in [1.29, 1.82) is 0 Å². The van der Waals surface area contributed by atoms with Gasteiger partial charge in [0.25, 0.3) is 0 Å². The Bertz CT molecular complexity index is 793. The van der Waals surface area contributed by atoms with Crippen molar-refractivity contribution in [2.75, 3.05) is 6.61 Å². The van der Waals surface area contributed by atoms with Crippen LogP contribution in [-0.2, 0) is 4.18 Å². The second-order valence-electron chi connectivity index (χ2n) is 4.35. The lowest BCUT2D eigenvalue weighted by Gasteiger charge is -2.18. The topological polar surface area (TPSA) is 65.7 Å². The monoisotopic (exact) mass is 591 g/mol. The van der Waals surface area contributed by atoms with Crippen molar-refractivity contribution in [2.24, 2.45) is 0 Å². The van der Waals surface area contributed by atoms with Crippen LogP contribution in [0.25, 0.3) is 11.2 Å². The minimum atomic E-state index is -0.257. The predicted molar refractivity (Wildman–Crippen MR) is 111 cm³/mol. The van der Waals surface area contributed by atoms with Crippen LogP contribution in [0.5, 0.6) is 0 Å². The van der Waals surface area contributed by atoms with Gasteiger partial charge in [0.2, 0.25) is 0 Å². The average molecular weight is 592 g/mol. The standard InChI is InChI=1S/C12H9ClI2N5OPS/c13-11-6-17-9-5-18-20(12(9)19-11)10(7-21-23-22(14)15)8-2-1-3-16-4-8/h1-6,10H,7H2/t10-/m0/s1. The van der Waals surface area contributed by atoms with Gasteiger partial charge in [-0.2, -0.15) is 5.10 Å². The third-order valence-corrected chi connectivity index (χ3v) is 7.06. The maximum absolute atomic E-state index is 5.98. The number of fused-ring (bicyclic) bond motifs is 1. The van der Waals surface area contributed by atoms with E-state index in [2.05, 4.69) is 64.1 Å². The van der Waals surface area contributed by atoms with Crippen molar-refractivity contribution in [3.8, 4) is 0 Å². The summed E-state index contributed by atoms with van der Waals surface area (Å²) < 4.78 is 7.30. The highest BCUT2D eigenvalue weighted by atomic mass is 127. The second-order valence-corrected chi connectivity index (χ2v) is 22.3. The first-order valence-electron chi connectivity index (χ1n) is 6.32. The molecule has 0 N–H and O–H groups in total. The molecule has 0 saturated heterocycles. The van der Waals surface area contributed by atoms with E-state index in [0.29, 0.717) is 22.9 Å². The maximum atomic E-state index is 5.98. The highest BCUT2D eigenvalue weighted by molar-refractivity contribution is 14.3. The van der Waals surface area contributed by atoms with Crippen LogP contribution in [0.4, 0.5) is 0 Å². The quantitative estimate of drug-likeness (QED) is 0.223. The summed E-state index contributed by atoms with van der Waals surface area (Å²) in [5.74, 6) is 0. The summed E-state index contributed by atoms with van der Waals surface area (Å²) in [4.78, 5) is 12.8. The Morgan fingerprint density at radius 2 is 2.22 bits per heavy atom. The minimum absolute atomic E-state index is 0.149. The number of rotatable bonds is 6. The number of halogens is 3. The number of aromatic nitrogens is 5. The normalized spacial score (nSPS) is 12.9. The van der Waals surface area contributed by atoms with Gasteiger partial charge < -0.3 is 4.18 Å². The van der Waals surface area contributed by atoms with Gasteiger partial charge in [-0.25, -0.2) is 14.6 Å². The number of pyridine rings is 1. The van der Waals surface area contributed by atoms with E-state index in [1.54, 1.807) is 23.3 Å². The van der Waals surface area contributed by atoms with E-state index in [4.69, 9.17) is 15.8 Å². The number of hydrogen-bond donors (Lipinski definition) is 0. The second kappa shape index (κ2) is 8.52. The maximum Gasteiger partial charge on any atom is 0.178 e. The number of hydrogen-bond acceptors (Lipinski definition) is 6. The van der Waals surface area contributed by atoms with Crippen LogP contribution in [-0.4, -0.2) is 31.3 Å². The molecule has 0 aliphatic carbocycles. The summed E-state index contributed by atoms with van der Waals surface area (Å²) in [5, 5.41) is 4.76. The van der Waals surface area contributed by atoms with Crippen LogP contribution >= 0.6 is 69.8 Å². The molecule has 0 amide bonds. The summed E-state index contributed by atoms with van der Waals surface area (Å²) in [6.45, 7) is 0.451. The molecule has 0 bridgehead atoms. The van der Waals surface area contributed by atoms with Gasteiger partial charge in [-0.1, -0.05) is 17.7 Å². The van der Waals surface area contributed by atoms with Crippen molar-refractivity contribution in [3.05, 3.63) is 47.6 Å². The fraction of sp³-hybridized carbons (Fsp3) is 0.167. The van der Waals surface area contributed by atoms with Gasteiger partial charge in [0.05, 0.1) is 19.0 Å². The largest absolute Gasteiger partial charge is 0.307 e.